The summed E-state index contributed by atoms with van der Waals surface area (Å²) < 4.78 is 40.3. The third-order valence-corrected chi connectivity index (χ3v) is 4.69. The normalized spacial score (nSPS) is 16.2. The Morgan fingerprint density at radius 3 is 2.76 bits per heavy atom. The van der Waals surface area contributed by atoms with Crippen molar-refractivity contribution in [2.24, 2.45) is 0 Å². The molecule has 9 heteroatoms. The molecular formula is C16H13F2N3O3S. The van der Waals surface area contributed by atoms with Gasteiger partial charge in [0, 0.05) is 24.4 Å². The van der Waals surface area contributed by atoms with Gasteiger partial charge in [0.25, 0.3) is 0 Å². The lowest BCUT2D eigenvalue weighted by Crippen LogP contribution is -2.25. The lowest BCUT2D eigenvalue weighted by Gasteiger charge is -2.09. The number of thioether (sulfide) groups is 1. The number of H-pyrrole nitrogens is 1. The number of ether oxygens (including phenoxy) is 3. The molecule has 6 nitrogen and oxygen atoms in total. The van der Waals surface area contributed by atoms with Crippen LogP contribution in [0.5, 0.6) is 17.2 Å². The molecule has 0 saturated heterocycles. The lowest BCUT2D eigenvalue weighted by atomic mass is 10.3. The van der Waals surface area contributed by atoms with E-state index >= 15 is 0 Å². The standard InChI is InChI=1S/C16H13F2N3O3S/c1-8(10-5-9(22-2)3-4-19-10)25-15-20-11-6-13-14(7-12(11)21-15)24-16(17,18)23-13/h3-8H,1-2H3,(H,20,21). The Balaban J connectivity index is 1.58. The molecule has 0 fully saturated rings. The highest BCUT2D eigenvalue weighted by Crippen LogP contribution is 2.43. The average Bonchev–Trinajstić information content (AvgIpc) is 3.09. The molecule has 0 spiro atoms. The molecule has 3 aromatic rings. The number of rotatable bonds is 4. The summed E-state index contributed by atoms with van der Waals surface area (Å²) in [7, 11) is 1.60. The summed E-state index contributed by atoms with van der Waals surface area (Å²) >= 11 is 1.46. The van der Waals surface area contributed by atoms with Crippen molar-refractivity contribution in [2.75, 3.05) is 7.11 Å². The van der Waals surface area contributed by atoms with Crippen molar-refractivity contribution in [3.05, 3.63) is 36.2 Å². The number of pyridine rings is 1. The van der Waals surface area contributed by atoms with Crippen LogP contribution in [-0.4, -0.2) is 28.4 Å². The van der Waals surface area contributed by atoms with Crippen LogP contribution in [-0.2, 0) is 0 Å². The maximum absolute atomic E-state index is 13.1. The number of aromatic amines is 1. The van der Waals surface area contributed by atoms with Gasteiger partial charge in [-0.3, -0.25) is 4.98 Å². The van der Waals surface area contributed by atoms with Gasteiger partial charge in [0.05, 0.1) is 29.1 Å². The fraction of sp³-hybridized carbons (Fsp3) is 0.250. The van der Waals surface area contributed by atoms with Gasteiger partial charge in [0.2, 0.25) is 0 Å². The molecule has 3 heterocycles. The molecule has 1 aromatic carbocycles. The summed E-state index contributed by atoms with van der Waals surface area (Å²) in [4.78, 5) is 11.8. The second kappa shape index (κ2) is 5.76. The Labute approximate surface area is 145 Å². The number of halogens is 2. The molecule has 0 amide bonds. The summed E-state index contributed by atoms with van der Waals surface area (Å²) in [6, 6.07) is 6.52. The summed E-state index contributed by atoms with van der Waals surface area (Å²) in [5, 5.41) is 0.655. The predicted molar refractivity (Wildman–Crippen MR) is 87.4 cm³/mol. The number of hydrogen-bond acceptors (Lipinski definition) is 6. The maximum Gasteiger partial charge on any atom is 0.586 e. The van der Waals surface area contributed by atoms with Gasteiger partial charge in [-0.1, -0.05) is 11.8 Å². The van der Waals surface area contributed by atoms with Crippen molar-refractivity contribution < 1.29 is 23.0 Å². The number of methoxy groups -OCH3 is 1. The number of nitrogens with zero attached hydrogens (tertiary/aromatic N) is 2. The van der Waals surface area contributed by atoms with Gasteiger partial charge in [0.1, 0.15) is 5.75 Å². The van der Waals surface area contributed by atoms with Crippen LogP contribution >= 0.6 is 11.8 Å². The van der Waals surface area contributed by atoms with E-state index in [2.05, 4.69) is 24.4 Å². The van der Waals surface area contributed by atoms with Crippen LogP contribution in [0.2, 0.25) is 0 Å². The number of aromatic nitrogens is 3. The van der Waals surface area contributed by atoms with Crippen molar-refractivity contribution in [3.63, 3.8) is 0 Å². The summed E-state index contributed by atoms with van der Waals surface area (Å²) in [5.74, 6) is 0.692. The van der Waals surface area contributed by atoms with Gasteiger partial charge < -0.3 is 19.2 Å². The van der Waals surface area contributed by atoms with Gasteiger partial charge >= 0.3 is 6.29 Å². The molecule has 2 aromatic heterocycles. The van der Waals surface area contributed by atoms with Crippen LogP contribution in [0.15, 0.2) is 35.6 Å². The van der Waals surface area contributed by atoms with Crippen molar-refractivity contribution in [2.45, 2.75) is 23.6 Å². The van der Waals surface area contributed by atoms with Crippen LogP contribution in [0.1, 0.15) is 17.9 Å². The van der Waals surface area contributed by atoms with E-state index < -0.39 is 6.29 Å². The smallest absolute Gasteiger partial charge is 0.497 e. The van der Waals surface area contributed by atoms with E-state index in [4.69, 9.17) is 4.74 Å². The Morgan fingerprint density at radius 1 is 1.24 bits per heavy atom. The number of alkyl halides is 2. The molecule has 1 aliphatic heterocycles. The Kier molecular flexibility index (Phi) is 3.68. The van der Waals surface area contributed by atoms with Gasteiger partial charge in [-0.2, -0.15) is 0 Å². The number of benzene rings is 1. The second-order valence-electron chi connectivity index (χ2n) is 5.41. The first-order chi connectivity index (χ1) is 11.9. The van der Waals surface area contributed by atoms with Crippen LogP contribution in [0, 0.1) is 0 Å². The molecule has 0 saturated carbocycles. The van der Waals surface area contributed by atoms with Crippen molar-refractivity contribution in [1.29, 1.82) is 0 Å². The van der Waals surface area contributed by atoms with Crippen molar-refractivity contribution >= 4 is 22.8 Å². The Morgan fingerprint density at radius 2 is 2.00 bits per heavy atom. The molecule has 4 rings (SSSR count). The molecule has 0 bridgehead atoms. The third kappa shape index (κ3) is 3.07. The lowest BCUT2D eigenvalue weighted by molar-refractivity contribution is -0.286. The van der Waals surface area contributed by atoms with E-state index in [-0.39, 0.29) is 16.7 Å². The molecule has 1 atom stereocenters. The van der Waals surface area contributed by atoms with Gasteiger partial charge in [-0.15, -0.1) is 8.78 Å². The molecule has 0 radical (unpaired) electrons. The molecular weight excluding hydrogens is 352 g/mol. The zero-order valence-corrected chi connectivity index (χ0v) is 14.1. The average molecular weight is 365 g/mol. The zero-order valence-electron chi connectivity index (χ0n) is 13.2. The fourth-order valence-electron chi connectivity index (χ4n) is 2.49. The highest BCUT2D eigenvalue weighted by molar-refractivity contribution is 7.99. The van der Waals surface area contributed by atoms with E-state index in [0.717, 1.165) is 11.4 Å². The van der Waals surface area contributed by atoms with E-state index in [1.54, 1.807) is 19.4 Å². The minimum Gasteiger partial charge on any atom is -0.497 e. The SMILES string of the molecule is COc1ccnc(C(C)Sc2nc3cc4c(cc3[nH]2)OC(F)(F)O4)c1. The second-order valence-corrected chi connectivity index (χ2v) is 6.74. The molecule has 0 aliphatic carbocycles. The quantitative estimate of drug-likeness (QED) is 0.701. The van der Waals surface area contributed by atoms with Crippen LogP contribution < -0.4 is 14.2 Å². The first-order valence-electron chi connectivity index (χ1n) is 7.40. The minimum absolute atomic E-state index is 0.0133. The summed E-state index contributed by atoms with van der Waals surface area (Å²) in [6.45, 7) is 1.99. The molecule has 25 heavy (non-hydrogen) atoms. The van der Waals surface area contributed by atoms with Gasteiger partial charge in [-0.05, 0) is 13.0 Å². The molecule has 1 aliphatic rings. The summed E-state index contributed by atoms with van der Waals surface area (Å²) in [5.41, 5.74) is 1.96. The highest BCUT2D eigenvalue weighted by atomic mass is 32.2. The first-order valence-corrected chi connectivity index (χ1v) is 8.28. The van der Waals surface area contributed by atoms with Gasteiger partial charge in [0.15, 0.2) is 16.7 Å². The number of fused-ring (bicyclic) bond motifs is 2. The number of imidazole rings is 1. The molecule has 1 unspecified atom stereocenters. The summed E-state index contributed by atoms with van der Waals surface area (Å²) in [6.07, 6.45) is -1.95. The molecule has 130 valence electrons. The van der Waals surface area contributed by atoms with Gasteiger partial charge in [-0.25, -0.2) is 4.98 Å². The number of nitrogens with one attached hydrogen (secondary N) is 1. The number of hydrogen-bond donors (Lipinski definition) is 1. The first kappa shape index (κ1) is 15.9. The van der Waals surface area contributed by atoms with E-state index in [1.165, 1.54) is 23.9 Å². The Hall–Kier alpha value is -2.55. The minimum atomic E-state index is -3.63. The van der Waals surface area contributed by atoms with Crippen LogP contribution in [0.4, 0.5) is 8.78 Å². The monoisotopic (exact) mass is 365 g/mol. The van der Waals surface area contributed by atoms with Crippen molar-refractivity contribution in [1.82, 2.24) is 15.0 Å². The fourth-order valence-corrected chi connectivity index (χ4v) is 3.40. The Bertz CT molecular complexity index is 903. The van der Waals surface area contributed by atoms with E-state index in [9.17, 15) is 8.78 Å². The maximum atomic E-state index is 13.1. The van der Waals surface area contributed by atoms with Crippen LogP contribution in [0.25, 0.3) is 11.0 Å². The van der Waals surface area contributed by atoms with E-state index in [0.29, 0.717) is 16.2 Å². The van der Waals surface area contributed by atoms with Crippen molar-refractivity contribution in [3.8, 4) is 17.2 Å². The topological polar surface area (TPSA) is 69.3 Å². The molecule has 1 N–H and O–H groups in total. The third-order valence-electron chi connectivity index (χ3n) is 3.68. The predicted octanol–water partition coefficient (Wildman–Crippen LogP) is 4.14. The zero-order chi connectivity index (χ0) is 17.6. The van der Waals surface area contributed by atoms with E-state index in [1.807, 2.05) is 13.0 Å². The highest BCUT2D eigenvalue weighted by Gasteiger charge is 2.43. The van der Waals surface area contributed by atoms with Crippen LogP contribution in [0.3, 0.4) is 0 Å². The largest absolute Gasteiger partial charge is 0.586 e.